The third-order valence-corrected chi connectivity index (χ3v) is 16.5. The van der Waals surface area contributed by atoms with E-state index in [9.17, 15) is 18.9 Å². The van der Waals surface area contributed by atoms with E-state index in [0.717, 1.165) is 22.3 Å². The quantitative estimate of drug-likeness (QED) is 0.0301. The minimum Gasteiger partial charge on any atom is -0.769 e. The van der Waals surface area contributed by atoms with Crippen LogP contribution in [-0.2, 0) is 21.5 Å². The lowest BCUT2D eigenvalue weighted by Crippen LogP contribution is -2.50. The average molecular weight is 1050 g/mol. The number of benzene rings is 5. The first-order chi connectivity index (χ1) is 35.7. The van der Waals surface area contributed by atoms with Crippen LogP contribution in [0.4, 0.5) is 0 Å². The van der Waals surface area contributed by atoms with Crippen LogP contribution < -0.4 is 18.8 Å². The Balaban J connectivity index is 0.000000353. The maximum Gasteiger partial charge on any atom is 0.188 e. The summed E-state index contributed by atoms with van der Waals surface area (Å²) >= 11 is 0. The van der Waals surface area contributed by atoms with Gasteiger partial charge in [-0.05, 0) is 109 Å². The number of nitrogens with zero attached hydrogens (tertiary/aromatic N) is 2. The Kier molecular flexibility index (Phi) is 31.4. The first-order valence-corrected chi connectivity index (χ1v) is 32.3. The summed E-state index contributed by atoms with van der Waals surface area (Å²) in [6.45, 7) is 30.0. The first kappa shape index (κ1) is 64.3. The van der Waals surface area contributed by atoms with Gasteiger partial charge in [-0.2, -0.15) is 0 Å². The van der Waals surface area contributed by atoms with Crippen molar-refractivity contribution in [3.8, 4) is 33.8 Å². The van der Waals surface area contributed by atoms with Crippen molar-refractivity contribution in [3.63, 3.8) is 0 Å². The Morgan fingerprint density at radius 1 is 0.338 bits per heavy atom. The highest BCUT2D eigenvalue weighted by Gasteiger charge is 2.26. The molecule has 5 aromatic carbocycles. The topological polar surface area (TPSA) is 98.7 Å². The molecule has 8 nitrogen and oxygen atoms in total. The van der Waals surface area contributed by atoms with Crippen LogP contribution in [-0.4, -0.2) is 61.3 Å². The van der Waals surface area contributed by atoms with Gasteiger partial charge in [-0.1, -0.05) is 216 Å². The van der Waals surface area contributed by atoms with Gasteiger partial charge in [0.1, 0.15) is 11.5 Å². The summed E-state index contributed by atoms with van der Waals surface area (Å²) in [6.07, 6.45) is 21.5. The lowest BCUT2D eigenvalue weighted by Gasteiger charge is -2.39. The van der Waals surface area contributed by atoms with E-state index < -0.39 is 15.2 Å². The molecular weight excluding hydrogens is 955 g/mol. The highest BCUT2D eigenvalue weighted by atomic mass is 31.2. The molecule has 0 N–H and O–H groups in total. The molecule has 74 heavy (non-hydrogen) atoms. The number of rotatable bonds is 34. The molecule has 0 aliphatic carbocycles. The van der Waals surface area contributed by atoms with Crippen molar-refractivity contribution in [2.75, 3.05) is 52.4 Å². The monoisotopic (exact) mass is 1050 g/mol. The van der Waals surface area contributed by atoms with E-state index in [1.54, 1.807) is 60.7 Å². The zero-order valence-corrected chi connectivity index (χ0v) is 49.1. The SMILES string of the molecule is CCCC[N+](CCCC)(CCCC)CCCC.CCCC[N+](CCCC)(CCCC)CCCC.O=P([O-])(Cc1ccc(CP(=O)([O-])Oc2cccc(-c3ccccc3)c2)cc1)Oc1cccc(-c2ccccc2)c1. The van der Waals surface area contributed by atoms with Crippen LogP contribution in [0.1, 0.15) is 169 Å². The predicted octanol–water partition coefficient (Wildman–Crippen LogP) is 17.3. The Morgan fingerprint density at radius 3 is 0.824 bits per heavy atom. The molecule has 0 spiro atoms. The lowest BCUT2D eigenvalue weighted by molar-refractivity contribution is -0.929. The van der Waals surface area contributed by atoms with Gasteiger partial charge in [-0.15, -0.1) is 0 Å². The second-order valence-corrected chi connectivity index (χ2v) is 24.1. The number of quaternary nitrogens is 2. The predicted molar refractivity (Wildman–Crippen MR) is 313 cm³/mol. The fraction of sp³-hybridized carbons (Fsp3) is 0.531. The summed E-state index contributed by atoms with van der Waals surface area (Å²) in [6, 6.07) is 39.4. The standard InChI is InChI=1S/C32H28O6P2.2C16H36N/c33-39(34,37-31-15-7-13-29(21-31)27-9-3-1-4-10-27)23-25-17-19-26(20-18-25)24-40(35,36)38-32-16-8-14-30(22-32)28-11-5-2-6-12-28;2*1-5-9-13-17(14-10-6-2,15-11-7-3)16-12-8-4/h1-22H,23-24H2,(H,33,34)(H,35,36);2*5-16H2,1-4H3/q;2*+1/p-2. The fourth-order valence-electron chi connectivity index (χ4n) is 9.60. The minimum absolute atomic E-state index is 0.233. The van der Waals surface area contributed by atoms with Crippen molar-refractivity contribution < 1.29 is 36.9 Å². The van der Waals surface area contributed by atoms with Crippen LogP contribution in [0.25, 0.3) is 22.3 Å². The molecule has 0 saturated carbocycles. The molecule has 5 aromatic rings. The van der Waals surface area contributed by atoms with Crippen LogP contribution >= 0.6 is 15.2 Å². The molecule has 2 atom stereocenters. The van der Waals surface area contributed by atoms with Crippen molar-refractivity contribution in [1.82, 2.24) is 0 Å². The average Bonchev–Trinajstić information content (AvgIpc) is 3.41. The van der Waals surface area contributed by atoms with Crippen molar-refractivity contribution in [2.24, 2.45) is 0 Å². The highest BCUT2D eigenvalue weighted by Crippen LogP contribution is 2.45. The van der Waals surface area contributed by atoms with E-state index >= 15 is 0 Å². The third-order valence-electron chi connectivity index (χ3n) is 14.0. The van der Waals surface area contributed by atoms with Gasteiger partial charge >= 0.3 is 0 Å². The van der Waals surface area contributed by atoms with Crippen LogP contribution in [0.15, 0.2) is 133 Å². The maximum absolute atomic E-state index is 12.8. The highest BCUT2D eigenvalue weighted by molar-refractivity contribution is 7.51. The van der Waals surface area contributed by atoms with E-state index in [1.165, 1.54) is 164 Å². The van der Waals surface area contributed by atoms with Gasteiger partial charge in [0.15, 0.2) is 15.2 Å². The Hall–Kier alpha value is -4.00. The molecule has 2 unspecified atom stereocenters. The van der Waals surface area contributed by atoms with Crippen LogP contribution in [0.3, 0.4) is 0 Å². The normalized spacial score (nSPS) is 13.1. The Bertz CT molecular complexity index is 2070. The largest absolute Gasteiger partial charge is 0.769 e. The summed E-state index contributed by atoms with van der Waals surface area (Å²) < 4.78 is 39.1. The van der Waals surface area contributed by atoms with Crippen LogP contribution in [0.2, 0.25) is 0 Å². The first-order valence-electron chi connectivity index (χ1n) is 28.8. The summed E-state index contributed by atoms with van der Waals surface area (Å²) in [7, 11) is -8.54. The van der Waals surface area contributed by atoms with Gasteiger partial charge in [0, 0.05) is 12.3 Å². The lowest BCUT2D eigenvalue weighted by atomic mass is 10.1. The van der Waals surface area contributed by atoms with E-state index in [2.05, 4.69) is 55.4 Å². The van der Waals surface area contributed by atoms with E-state index in [1.807, 2.05) is 72.8 Å². The molecule has 0 bridgehead atoms. The Labute approximate surface area is 451 Å². The molecule has 0 amide bonds. The van der Waals surface area contributed by atoms with Gasteiger partial charge < -0.3 is 27.8 Å². The third kappa shape index (κ3) is 25.2. The number of unbranched alkanes of at least 4 members (excludes halogenated alkanes) is 8. The van der Waals surface area contributed by atoms with E-state index in [0.29, 0.717) is 11.1 Å². The molecule has 0 heterocycles. The molecule has 410 valence electrons. The van der Waals surface area contributed by atoms with E-state index in [4.69, 9.17) is 9.05 Å². The molecule has 0 aromatic heterocycles. The summed E-state index contributed by atoms with van der Waals surface area (Å²) in [5.41, 5.74) is 4.56. The fourth-order valence-corrected chi connectivity index (χ4v) is 11.9. The van der Waals surface area contributed by atoms with Gasteiger partial charge in [0.05, 0.1) is 52.4 Å². The summed E-state index contributed by atoms with van der Waals surface area (Å²) in [5.74, 6) is 0.467. The second-order valence-electron chi connectivity index (χ2n) is 20.6. The zero-order chi connectivity index (χ0) is 54.0. The van der Waals surface area contributed by atoms with Gasteiger partial charge in [-0.25, -0.2) is 0 Å². The molecule has 0 aliphatic rings. The van der Waals surface area contributed by atoms with Gasteiger partial charge in [0.2, 0.25) is 0 Å². The summed E-state index contributed by atoms with van der Waals surface area (Å²) in [5, 5.41) is 0. The second kappa shape index (κ2) is 36.1. The molecule has 0 fully saturated rings. The number of hydrogen-bond acceptors (Lipinski definition) is 6. The van der Waals surface area contributed by atoms with Crippen LogP contribution in [0, 0.1) is 0 Å². The molecular formula is C64H98N2O6P2. The maximum atomic E-state index is 12.8. The van der Waals surface area contributed by atoms with Crippen molar-refractivity contribution >= 4 is 15.2 Å². The van der Waals surface area contributed by atoms with Gasteiger partial charge in [0.25, 0.3) is 0 Å². The van der Waals surface area contributed by atoms with Crippen molar-refractivity contribution in [2.45, 2.75) is 170 Å². The molecule has 0 aliphatic heterocycles. The van der Waals surface area contributed by atoms with E-state index in [-0.39, 0.29) is 23.8 Å². The van der Waals surface area contributed by atoms with Gasteiger partial charge in [-0.3, -0.25) is 9.13 Å². The smallest absolute Gasteiger partial charge is 0.188 e. The van der Waals surface area contributed by atoms with Crippen molar-refractivity contribution in [3.05, 3.63) is 145 Å². The Morgan fingerprint density at radius 2 is 0.581 bits per heavy atom. The minimum atomic E-state index is -4.27. The number of hydrogen-bond donors (Lipinski definition) is 0. The molecule has 0 saturated heterocycles. The zero-order valence-electron chi connectivity index (χ0n) is 47.3. The molecule has 5 rings (SSSR count). The van der Waals surface area contributed by atoms with Crippen molar-refractivity contribution in [1.29, 1.82) is 0 Å². The molecule has 10 heteroatoms. The summed E-state index contributed by atoms with van der Waals surface area (Å²) in [4.78, 5) is 25.5. The van der Waals surface area contributed by atoms with Crippen LogP contribution in [0.5, 0.6) is 11.5 Å². The molecule has 0 radical (unpaired) electrons.